The number of hydrogen-bond acceptors (Lipinski definition) is 6. The second-order valence-corrected chi connectivity index (χ2v) is 9.57. The number of nitrogens with one attached hydrogen (secondary N) is 1. The predicted molar refractivity (Wildman–Crippen MR) is 141 cm³/mol. The molecular weight excluding hydrogens is 454 g/mol. The Morgan fingerprint density at radius 1 is 1.03 bits per heavy atom. The lowest BCUT2D eigenvalue weighted by Gasteiger charge is -2.25. The summed E-state index contributed by atoms with van der Waals surface area (Å²) >= 11 is 0. The Kier molecular flexibility index (Phi) is 6.50. The molecule has 8 heteroatoms. The average molecular weight is 486 g/mol. The molecular formula is C28H31N5O3. The molecule has 36 heavy (non-hydrogen) atoms. The molecule has 1 atom stereocenters. The molecule has 1 unspecified atom stereocenters. The Labute approximate surface area is 211 Å². The molecule has 2 aliphatic rings. The van der Waals surface area contributed by atoms with Gasteiger partial charge >= 0.3 is 6.09 Å². The van der Waals surface area contributed by atoms with Crippen molar-refractivity contribution in [3.05, 3.63) is 72.4 Å². The van der Waals surface area contributed by atoms with Gasteiger partial charge in [0.2, 0.25) is 0 Å². The van der Waals surface area contributed by atoms with Crippen molar-refractivity contribution < 1.29 is 14.3 Å². The van der Waals surface area contributed by atoms with Crippen molar-refractivity contribution in [2.75, 3.05) is 48.7 Å². The van der Waals surface area contributed by atoms with Crippen LogP contribution in [0.4, 0.5) is 22.0 Å². The van der Waals surface area contributed by atoms with Crippen molar-refractivity contribution in [1.29, 1.82) is 0 Å². The molecule has 3 aromatic rings. The van der Waals surface area contributed by atoms with Gasteiger partial charge in [-0.05, 0) is 55.2 Å². The van der Waals surface area contributed by atoms with Crippen LogP contribution in [0.1, 0.15) is 30.1 Å². The van der Waals surface area contributed by atoms with Crippen LogP contribution in [-0.4, -0.2) is 54.7 Å². The number of carbonyl (C=O) groups excluding carboxylic acids is 2. The molecule has 0 radical (unpaired) electrons. The Hall–Kier alpha value is -4.07. The molecule has 2 saturated heterocycles. The molecule has 2 aromatic carbocycles. The van der Waals surface area contributed by atoms with Crippen LogP contribution in [0.2, 0.25) is 0 Å². The summed E-state index contributed by atoms with van der Waals surface area (Å²) < 4.78 is 5.17. The van der Waals surface area contributed by atoms with Crippen molar-refractivity contribution in [3.8, 4) is 11.1 Å². The van der Waals surface area contributed by atoms with Gasteiger partial charge in [0.05, 0.1) is 23.5 Å². The largest absolute Gasteiger partial charge is 0.450 e. The van der Waals surface area contributed by atoms with E-state index in [2.05, 4.69) is 15.2 Å². The minimum Gasteiger partial charge on any atom is -0.450 e. The molecule has 1 aromatic heterocycles. The molecule has 3 heterocycles. The van der Waals surface area contributed by atoms with E-state index in [4.69, 9.17) is 10.5 Å². The zero-order valence-electron chi connectivity index (χ0n) is 20.4. The minimum atomic E-state index is -0.260. The molecule has 1 spiro atoms. The van der Waals surface area contributed by atoms with Gasteiger partial charge in [0.25, 0.3) is 5.91 Å². The van der Waals surface area contributed by atoms with Crippen LogP contribution >= 0.6 is 0 Å². The molecule has 186 valence electrons. The molecule has 0 bridgehead atoms. The van der Waals surface area contributed by atoms with Gasteiger partial charge in [0.1, 0.15) is 5.82 Å². The first-order valence-electron chi connectivity index (χ1n) is 12.4. The van der Waals surface area contributed by atoms with E-state index in [1.165, 1.54) is 0 Å². The molecule has 8 nitrogen and oxygen atoms in total. The predicted octanol–water partition coefficient (Wildman–Crippen LogP) is 4.64. The third-order valence-electron chi connectivity index (χ3n) is 7.15. The molecule has 2 aliphatic heterocycles. The van der Waals surface area contributed by atoms with E-state index in [1.807, 2.05) is 60.4 Å². The van der Waals surface area contributed by atoms with E-state index in [-0.39, 0.29) is 17.4 Å². The second kappa shape index (κ2) is 9.89. The maximum absolute atomic E-state index is 12.9. The first kappa shape index (κ1) is 23.7. The number of nitrogen functional groups attached to an aromatic ring is 1. The van der Waals surface area contributed by atoms with E-state index < -0.39 is 0 Å². The molecule has 5 rings (SSSR count). The average Bonchev–Trinajstić information content (AvgIpc) is 3.53. The summed E-state index contributed by atoms with van der Waals surface area (Å²) in [5, 5.41) is 2.92. The summed E-state index contributed by atoms with van der Waals surface area (Å²) in [6.45, 7) is 5.37. The Balaban J connectivity index is 1.23. The SMILES string of the molecule is CCOC(=O)N1CCC2(CCN(c3ccc(C(=O)Nc4cc(-c5ccccc5)ccc4N)cn3)C2)C1. The van der Waals surface area contributed by atoms with Crippen molar-refractivity contribution in [2.24, 2.45) is 5.41 Å². The highest BCUT2D eigenvalue weighted by atomic mass is 16.6. The molecule has 3 N–H and O–H groups in total. The van der Waals surface area contributed by atoms with Crippen molar-refractivity contribution in [2.45, 2.75) is 19.8 Å². The quantitative estimate of drug-likeness (QED) is 0.511. The zero-order valence-corrected chi connectivity index (χ0v) is 20.4. The highest BCUT2D eigenvalue weighted by Gasteiger charge is 2.45. The minimum absolute atomic E-state index is 0.0752. The fraction of sp³-hybridized carbons (Fsp3) is 0.321. The molecule has 0 aliphatic carbocycles. The second-order valence-electron chi connectivity index (χ2n) is 9.57. The molecule has 2 amide bonds. The van der Waals surface area contributed by atoms with E-state index in [1.54, 1.807) is 18.3 Å². The lowest BCUT2D eigenvalue weighted by molar-refractivity contribution is 0.102. The number of rotatable bonds is 5. The highest BCUT2D eigenvalue weighted by molar-refractivity contribution is 6.06. The number of aromatic nitrogens is 1. The maximum Gasteiger partial charge on any atom is 0.409 e. The van der Waals surface area contributed by atoms with Gasteiger partial charge in [-0.15, -0.1) is 0 Å². The van der Waals surface area contributed by atoms with Crippen molar-refractivity contribution in [1.82, 2.24) is 9.88 Å². The van der Waals surface area contributed by atoms with Crippen LogP contribution in [0.15, 0.2) is 66.9 Å². The van der Waals surface area contributed by atoms with Crippen LogP contribution in [0, 0.1) is 5.41 Å². The summed E-state index contributed by atoms with van der Waals surface area (Å²) in [4.78, 5) is 33.7. The number of amides is 2. The van der Waals surface area contributed by atoms with E-state index in [0.29, 0.717) is 30.1 Å². The summed E-state index contributed by atoms with van der Waals surface area (Å²) in [7, 11) is 0. The Bertz CT molecular complexity index is 1250. The normalized spacial score (nSPS) is 19.0. The number of nitrogens with zero attached hydrogens (tertiary/aromatic N) is 3. The van der Waals surface area contributed by atoms with Gasteiger partial charge in [-0.1, -0.05) is 36.4 Å². The van der Waals surface area contributed by atoms with E-state index >= 15 is 0 Å². The van der Waals surface area contributed by atoms with Gasteiger partial charge in [-0.25, -0.2) is 9.78 Å². The zero-order chi connectivity index (χ0) is 25.1. The van der Waals surface area contributed by atoms with Gasteiger partial charge in [-0.3, -0.25) is 4.79 Å². The summed E-state index contributed by atoms with van der Waals surface area (Å²) in [5.74, 6) is 0.577. The molecule has 0 saturated carbocycles. The fourth-order valence-corrected chi connectivity index (χ4v) is 5.15. The van der Waals surface area contributed by atoms with Crippen LogP contribution in [0.3, 0.4) is 0 Å². The third-order valence-corrected chi connectivity index (χ3v) is 7.15. The standard InChI is InChI=1S/C28H31N5O3/c1-2-36-27(35)33-15-13-28(19-33)12-14-32(18-28)25-11-9-22(17-30-25)26(34)31-24-16-21(8-10-23(24)29)20-6-4-3-5-7-20/h3-11,16-17H,2,12-15,18-19,29H2,1H3,(H,31,34). The van der Waals surface area contributed by atoms with E-state index in [0.717, 1.165) is 49.4 Å². The Morgan fingerprint density at radius 2 is 1.83 bits per heavy atom. The number of anilines is 3. The van der Waals surface area contributed by atoms with Gasteiger partial charge in [0.15, 0.2) is 0 Å². The lowest BCUT2D eigenvalue weighted by atomic mass is 9.86. The van der Waals surface area contributed by atoms with E-state index in [9.17, 15) is 9.59 Å². The monoisotopic (exact) mass is 485 g/mol. The smallest absolute Gasteiger partial charge is 0.409 e. The fourth-order valence-electron chi connectivity index (χ4n) is 5.15. The number of carbonyl (C=O) groups is 2. The Morgan fingerprint density at radius 3 is 2.58 bits per heavy atom. The summed E-state index contributed by atoms with van der Waals surface area (Å²) in [6.07, 6.45) is 3.35. The van der Waals surface area contributed by atoms with Crippen molar-refractivity contribution >= 4 is 29.2 Å². The van der Waals surface area contributed by atoms with Crippen LogP contribution < -0.4 is 16.0 Å². The third kappa shape index (κ3) is 4.84. The first-order valence-corrected chi connectivity index (χ1v) is 12.4. The number of likely N-dealkylation sites (tertiary alicyclic amines) is 1. The summed E-state index contributed by atoms with van der Waals surface area (Å²) in [6, 6.07) is 19.2. The number of benzene rings is 2. The maximum atomic E-state index is 12.9. The number of hydrogen-bond donors (Lipinski definition) is 2. The van der Waals surface area contributed by atoms with Crippen molar-refractivity contribution in [3.63, 3.8) is 0 Å². The van der Waals surface area contributed by atoms with Gasteiger partial charge in [0, 0.05) is 37.8 Å². The molecule has 2 fully saturated rings. The van der Waals surface area contributed by atoms with Crippen LogP contribution in [0.25, 0.3) is 11.1 Å². The number of pyridine rings is 1. The number of ether oxygens (including phenoxy) is 1. The highest BCUT2D eigenvalue weighted by Crippen LogP contribution is 2.41. The van der Waals surface area contributed by atoms with Gasteiger partial charge < -0.3 is 25.6 Å². The first-order chi connectivity index (χ1) is 17.5. The topological polar surface area (TPSA) is 101 Å². The number of nitrogens with two attached hydrogens (primary N) is 1. The lowest BCUT2D eigenvalue weighted by Crippen LogP contribution is -2.34. The van der Waals surface area contributed by atoms with Gasteiger partial charge in [-0.2, -0.15) is 0 Å². The van der Waals surface area contributed by atoms with Crippen LogP contribution in [0.5, 0.6) is 0 Å². The van der Waals surface area contributed by atoms with Crippen LogP contribution in [-0.2, 0) is 4.74 Å². The summed E-state index contributed by atoms with van der Waals surface area (Å²) in [5.41, 5.74) is 9.77.